The van der Waals surface area contributed by atoms with Gasteiger partial charge in [-0.15, -0.1) is 0 Å². The first-order valence-corrected chi connectivity index (χ1v) is 9.92. The fourth-order valence-corrected chi connectivity index (χ4v) is 2.90. The van der Waals surface area contributed by atoms with Gasteiger partial charge in [-0.2, -0.15) is 0 Å². The van der Waals surface area contributed by atoms with E-state index in [0.29, 0.717) is 35.4 Å². The lowest BCUT2D eigenvalue weighted by atomic mass is 10.1. The van der Waals surface area contributed by atoms with E-state index in [4.69, 9.17) is 32.7 Å². The number of carbonyl (C=O) groups excluding carboxylic acids is 1. The van der Waals surface area contributed by atoms with Crippen LogP contribution in [-0.2, 0) is 11.3 Å². The van der Waals surface area contributed by atoms with E-state index in [1.165, 1.54) is 12.1 Å². The fraction of sp³-hybridized carbons (Fsp3) is 0.381. The smallest absolute Gasteiger partial charge is 0.258 e. The average molecular weight is 443 g/mol. The second kappa shape index (κ2) is 10.0. The number of amides is 1. The summed E-state index contributed by atoms with van der Waals surface area (Å²) in [4.78, 5) is 12.0. The highest BCUT2D eigenvalue weighted by Crippen LogP contribution is 2.34. The number of rotatable bonds is 8. The average Bonchev–Trinajstić information content (AvgIpc) is 2.62. The van der Waals surface area contributed by atoms with Crippen molar-refractivity contribution in [3.63, 3.8) is 0 Å². The predicted octanol–water partition coefficient (Wildman–Crippen LogP) is 5.44. The number of halogens is 3. The van der Waals surface area contributed by atoms with Crippen LogP contribution in [0.4, 0.5) is 10.1 Å². The molecular weight excluding hydrogens is 418 g/mol. The molecule has 0 atom stereocenters. The minimum absolute atomic E-state index is 0.0355. The number of hydrogen-bond acceptors (Lipinski definition) is 4. The summed E-state index contributed by atoms with van der Waals surface area (Å²) in [5, 5.41) is 6.45. The van der Waals surface area contributed by atoms with Gasteiger partial charge in [-0.05, 0) is 57.5 Å². The van der Waals surface area contributed by atoms with Crippen LogP contribution < -0.4 is 20.1 Å². The van der Waals surface area contributed by atoms with Crippen LogP contribution in [0.1, 0.15) is 33.3 Å². The summed E-state index contributed by atoms with van der Waals surface area (Å²) >= 11 is 12.2. The molecular formula is C21H25Cl2FN2O3. The van der Waals surface area contributed by atoms with Crippen molar-refractivity contribution in [2.75, 3.05) is 18.5 Å². The van der Waals surface area contributed by atoms with E-state index in [1.807, 2.05) is 27.7 Å². The third-order valence-electron chi connectivity index (χ3n) is 3.69. The summed E-state index contributed by atoms with van der Waals surface area (Å²) in [5.74, 6) is 0.143. The van der Waals surface area contributed by atoms with Crippen LogP contribution >= 0.6 is 23.2 Å². The zero-order valence-corrected chi connectivity index (χ0v) is 18.4. The molecule has 0 fully saturated rings. The van der Waals surface area contributed by atoms with Gasteiger partial charge >= 0.3 is 0 Å². The van der Waals surface area contributed by atoms with Crippen molar-refractivity contribution in [2.24, 2.45) is 0 Å². The first-order chi connectivity index (χ1) is 13.6. The number of hydrogen-bond donors (Lipinski definition) is 2. The maximum Gasteiger partial charge on any atom is 0.258 e. The van der Waals surface area contributed by atoms with Gasteiger partial charge in [-0.1, -0.05) is 23.2 Å². The molecule has 0 aromatic heterocycles. The monoisotopic (exact) mass is 442 g/mol. The molecule has 2 aromatic rings. The van der Waals surface area contributed by atoms with E-state index >= 15 is 0 Å². The zero-order valence-electron chi connectivity index (χ0n) is 16.9. The molecule has 8 heteroatoms. The van der Waals surface area contributed by atoms with Gasteiger partial charge in [0, 0.05) is 28.9 Å². The Bertz CT molecular complexity index is 870. The van der Waals surface area contributed by atoms with Gasteiger partial charge in [0.1, 0.15) is 5.82 Å². The SMILES string of the molecule is CCOc1cc(CNc2ccc(F)c(Cl)c2)c(Cl)cc1OCC(=O)NC(C)(C)C. The van der Waals surface area contributed by atoms with Crippen LogP contribution in [0, 0.1) is 5.82 Å². The molecule has 0 unspecified atom stereocenters. The summed E-state index contributed by atoms with van der Waals surface area (Å²) in [7, 11) is 0. The van der Waals surface area contributed by atoms with E-state index in [0.717, 1.165) is 5.56 Å². The number of carbonyl (C=O) groups is 1. The molecule has 0 saturated carbocycles. The van der Waals surface area contributed by atoms with Gasteiger partial charge in [0.15, 0.2) is 18.1 Å². The zero-order chi connectivity index (χ0) is 21.6. The van der Waals surface area contributed by atoms with Crippen molar-refractivity contribution in [1.29, 1.82) is 0 Å². The van der Waals surface area contributed by atoms with Gasteiger partial charge in [0.25, 0.3) is 5.91 Å². The molecule has 0 aliphatic heterocycles. The maximum absolute atomic E-state index is 13.3. The number of nitrogens with one attached hydrogen (secondary N) is 2. The Morgan fingerprint density at radius 3 is 2.38 bits per heavy atom. The third kappa shape index (κ3) is 7.29. The summed E-state index contributed by atoms with van der Waals surface area (Å²) in [6, 6.07) is 7.74. The van der Waals surface area contributed by atoms with Crippen molar-refractivity contribution >= 4 is 34.8 Å². The van der Waals surface area contributed by atoms with E-state index in [1.54, 1.807) is 18.2 Å². The van der Waals surface area contributed by atoms with E-state index in [-0.39, 0.29) is 23.1 Å². The highest BCUT2D eigenvalue weighted by molar-refractivity contribution is 6.31. The first-order valence-electron chi connectivity index (χ1n) is 9.17. The normalized spacial score (nSPS) is 11.1. The molecule has 2 N–H and O–H groups in total. The van der Waals surface area contributed by atoms with Crippen molar-refractivity contribution in [2.45, 2.75) is 39.8 Å². The highest BCUT2D eigenvalue weighted by atomic mass is 35.5. The second-order valence-corrected chi connectivity index (χ2v) is 8.21. The van der Waals surface area contributed by atoms with Crippen molar-refractivity contribution in [3.8, 4) is 11.5 Å². The lowest BCUT2D eigenvalue weighted by molar-refractivity contribution is -0.124. The summed E-state index contributed by atoms with van der Waals surface area (Å²) < 4.78 is 24.6. The van der Waals surface area contributed by atoms with Gasteiger partial charge in [0.2, 0.25) is 0 Å². The molecule has 0 heterocycles. The molecule has 0 saturated heterocycles. The van der Waals surface area contributed by atoms with Crippen LogP contribution in [0.15, 0.2) is 30.3 Å². The Kier molecular flexibility index (Phi) is 7.99. The molecule has 0 aliphatic rings. The number of anilines is 1. The second-order valence-electron chi connectivity index (χ2n) is 7.39. The molecule has 158 valence electrons. The van der Waals surface area contributed by atoms with E-state index in [2.05, 4.69) is 10.6 Å². The van der Waals surface area contributed by atoms with E-state index < -0.39 is 5.82 Å². The molecule has 0 bridgehead atoms. The van der Waals surface area contributed by atoms with Gasteiger partial charge in [0.05, 0.1) is 11.6 Å². The van der Waals surface area contributed by atoms with Gasteiger partial charge in [-0.25, -0.2) is 4.39 Å². The van der Waals surface area contributed by atoms with Crippen LogP contribution in [0.25, 0.3) is 0 Å². The van der Waals surface area contributed by atoms with Crippen LogP contribution in [0.2, 0.25) is 10.0 Å². The Hall–Kier alpha value is -2.18. The van der Waals surface area contributed by atoms with Crippen molar-refractivity contribution in [3.05, 3.63) is 51.8 Å². The molecule has 0 spiro atoms. The molecule has 2 aromatic carbocycles. The first kappa shape index (κ1) is 23.1. The van der Waals surface area contributed by atoms with Crippen molar-refractivity contribution in [1.82, 2.24) is 5.32 Å². The van der Waals surface area contributed by atoms with Gasteiger partial charge < -0.3 is 20.1 Å². The van der Waals surface area contributed by atoms with E-state index in [9.17, 15) is 9.18 Å². The Morgan fingerprint density at radius 2 is 1.76 bits per heavy atom. The molecule has 0 radical (unpaired) electrons. The number of benzene rings is 2. The van der Waals surface area contributed by atoms with Gasteiger partial charge in [-0.3, -0.25) is 4.79 Å². The Morgan fingerprint density at radius 1 is 1.07 bits per heavy atom. The molecule has 0 aliphatic carbocycles. The van der Waals surface area contributed by atoms with Crippen LogP contribution in [0.3, 0.4) is 0 Å². The summed E-state index contributed by atoms with van der Waals surface area (Å²) in [5.41, 5.74) is 1.06. The quantitative estimate of drug-likeness (QED) is 0.571. The standard InChI is InChI=1S/C21H25Cl2FN2O3/c1-5-28-18-8-13(11-25-14-6-7-17(24)16(23)9-14)15(22)10-19(18)29-12-20(27)26-21(2,3)4/h6-10,25H,5,11-12H2,1-4H3,(H,26,27). The summed E-state index contributed by atoms with van der Waals surface area (Å²) in [6.45, 7) is 8.16. The van der Waals surface area contributed by atoms with Crippen LogP contribution in [-0.4, -0.2) is 24.7 Å². The third-order valence-corrected chi connectivity index (χ3v) is 4.33. The van der Waals surface area contributed by atoms with Crippen molar-refractivity contribution < 1.29 is 18.7 Å². The fourth-order valence-electron chi connectivity index (χ4n) is 2.49. The lowest BCUT2D eigenvalue weighted by Crippen LogP contribution is -2.43. The minimum atomic E-state index is -0.481. The lowest BCUT2D eigenvalue weighted by Gasteiger charge is -2.21. The highest BCUT2D eigenvalue weighted by Gasteiger charge is 2.16. The Balaban J connectivity index is 2.11. The number of ether oxygens (including phenoxy) is 2. The Labute approximate surface area is 180 Å². The maximum atomic E-state index is 13.3. The predicted molar refractivity (Wildman–Crippen MR) is 115 cm³/mol. The molecule has 5 nitrogen and oxygen atoms in total. The van der Waals surface area contributed by atoms with Crippen LogP contribution in [0.5, 0.6) is 11.5 Å². The summed E-state index contributed by atoms with van der Waals surface area (Å²) in [6.07, 6.45) is 0. The molecule has 2 rings (SSSR count). The topological polar surface area (TPSA) is 59.6 Å². The largest absolute Gasteiger partial charge is 0.490 e. The molecule has 29 heavy (non-hydrogen) atoms. The molecule has 1 amide bonds. The minimum Gasteiger partial charge on any atom is -0.490 e.